The number of carbonyl (C=O) groups excluding carboxylic acids is 1. The number of esters is 1. The Morgan fingerprint density at radius 2 is 2.06 bits per heavy atom. The average molecular weight is 285 g/mol. The molecule has 0 aliphatic carbocycles. The van der Waals surface area contributed by atoms with Crippen molar-refractivity contribution >= 4 is 21.9 Å². The monoisotopic (exact) mass is 284 g/mol. The van der Waals surface area contributed by atoms with Gasteiger partial charge in [0, 0.05) is 5.33 Å². The van der Waals surface area contributed by atoms with E-state index in [1.165, 1.54) is 12.7 Å². The summed E-state index contributed by atoms with van der Waals surface area (Å²) < 4.78 is 4.74. The summed E-state index contributed by atoms with van der Waals surface area (Å²) in [6, 6.07) is 10.3. The number of aryl methyl sites for hydroxylation is 1. The number of hydrogen-bond donors (Lipinski definition) is 0. The molecule has 0 saturated heterocycles. The number of benzene rings is 1. The van der Waals surface area contributed by atoms with Gasteiger partial charge >= 0.3 is 5.97 Å². The molecule has 2 nitrogen and oxygen atoms in total. The Balaban J connectivity index is 2.31. The summed E-state index contributed by atoms with van der Waals surface area (Å²) in [5.74, 6) is -0.140. The zero-order valence-corrected chi connectivity index (χ0v) is 11.1. The molecule has 3 heteroatoms. The molecule has 1 rings (SSSR count). The number of halogens is 1. The number of carbonyl (C=O) groups is 1. The molecule has 0 aliphatic rings. The predicted octanol–water partition coefficient (Wildman–Crippen LogP) is 3.19. The minimum Gasteiger partial charge on any atom is -0.469 e. The van der Waals surface area contributed by atoms with Crippen LogP contribution in [0.1, 0.15) is 18.4 Å². The summed E-state index contributed by atoms with van der Waals surface area (Å²) >= 11 is 3.34. The van der Waals surface area contributed by atoms with Crippen LogP contribution in [0.15, 0.2) is 30.3 Å². The van der Waals surface area contributed by atoms with Crippen LogP contribution in [0.25, 0.3) is 0 Å². The first-order valence-corrected chi connectivity index (χ1v) is 6.57. The molecule has 0 fully saturated rings. The molecular formula is C13H17BrO2. The second-order valence-electron chi connectivity index (χ2n) is 3.75. The van der Waals surface area contributed by atoms with Crippen molar-refractivity contribution in [3.05, 3.63) is 35.9 Å². The van der Waals surface area contributed by atoms with E-state index in [0.29, 0.717) is 5.33 Å². The van der Waals surface area contributed by atoms with Crippen LogP contribution in [0.3, 0.4) is 0 Å². The smallest absolute Gasteiger partial charge is 0.309 e. The first kappa shape index (κ1) is 13.2. The molecule has 0 aromatic heterocycles. The Morgan fingerprint density at radius 1 is 1.38 bits per heavy atom. The number of rotatable bonds is 6. The molecule has 1 atom stereocenters. The number of ether oxygens (including phenoxy) is 1. The van der Waals surface area contributed by atoms with Gasteiger partial charge in [0.15, 0.2) is 0 Å². The van der Waals surface area contributed by atoms with Crippen molar-refractivity contribution in [1.82, 2.24) is 0 Å². The number of hydrogen-bond acceptors (Lipinski definition) is 2. The zero-order chi connectivity index (χ0) is 11.8. The molecule has 1 aromatic carbocycles. The van der Waals surface area contributed by atoms with E-state index in [1.54, 1.807) is 0 Å². The van der Waals surface area contributed by atoms with Crippen LogP contribution >= 0.6 is 15.9 Å². The number of alkyl halides is 1. The Morgan fingerprint density at radius 3 is 2.62 bits per heavy atom. The maximum Gasteiger partial charge on any atom is 0.309 e. The standard InChI is InChI=1S/C13H17BrO2/c1-16-13(15)12(10-14)9-5-8-11-6-3-2-4-7-11/h2-4,6-7,12H,5,8-10H2,1H3. The lowest BCUT2D eigenvalue weighted by molar-refractivity contribution is -0.144. The van der Waals surface area contributed by atoms with Gasteiger partial charge in [0.1, 0.15) is 0 Å². The zero-order valence-electron chi connectivity index (χ0n) is 9.49. The quantitative estimate of drug-likeness (QED) is 0.592. The van der Waals surface area contributed by atoms with Gasteiger partial charge in [0.05, 0.1) is 13.0 Å². The van der Waals surface area contributed by atoms with Gasteiger partial charge in [-0.25, -0.2) is 0 Å². The van der Waals surface area contributed by atoms with Crippen LogP contribution in [-0.4, -0.2) is 18.4 Å². The molecule has 0 aliphatic heterocycles. The molecule has 1 unspecified atom stereocenters. The molecule has 0 N–H and O–H groups in total. The van der Waals surface area contributed by atoms with Crippen molar-refractivity contribution in [3.63, 3.8) is 0 Å². The van der Waals surface area contributed by atoms with E-state index in [2.05, 4.69) is 28.1 Å². The van der Waals surface area contributed by atoms with Crippen molar-refractivity contribution in [2.75, 3.05) is 12.4 Å². The Labute approximate surface area is 105 Å². The topological polar surface area (TPSA) is 26.3 Å². The molecular weight excluding hydrogens is 268 g/mol. The third kappa shape index (κ3) is 4.35. The van der Waals surface area contributed by atoms with Gasteiger partial charge in [-0.3, -0.25) is 4.79 Å². The van der Waals surface area contributed by atoms with Crippen molar-refractivity contribution < 1.29 is 9.53 Å². The molecule has 0 heterocycles. The Hall–Kier alpha value is -0.830. The SMILES string of the molecule is COC(=O)C(CBr)CCCc1ccccc1. The fraction of sp³-hybridized carbons (Fsp3) is 0.462. The van der Waals surface area contributed by atoms with E-state index >= 15 is 0 Å². The highest BCUT2D eigenvalue weighted by Gasteiger charge is 2.16. The second kappa shape index (κ2) is 7.44. The van der Waals surface area contributed by atoms with Gasteiger partial charge in [0.25, 0.3) is 0 Å². The number of methoxy groups -OCH3 is 1. The van der Waals surface area contributed by atoms with Crippen LogP contribution < -0.4 is 0 Å². The van der Waals surface area contributed by atoms with Gasteiger partial charge in [0.2, 0.25) is 0 Å². The van der Waals surface area contributed by atoms with Crippen molar-refractivity contribution in [2.24, 2.45) is 5.92 Å². The first-order chi connectivity index (χ1) is 7.77. The van der Waals surface area contributed by atoms with Gasteiger partial charge in [-0.15, -0.1) is 0 Å². The van der Waals surface area contributed by atoms with Crippen LogP contribution in [-0.2, 0) is 16.0 Å². The second-order valence-corrected chi connectivity index (χ2v) is 4.40. The molecule has 16 heavy (non-hydrogen) atoms. The van der Waals surface area contributed by atoms with Gasteiger partial charge < -0.3 is 4.74 Å². The minimum atomic E-state index is -0.120. The molecule has 1 aromatic rings. The Bertz CT molecular complexity index is 311. The molecule has 0 radical (unpaired) electrons. The summed E-state index contributed by atoms with van der Waals surface area (Å²) in [6.07, 6.45) is 2.89. The molecule has 88 valence electrons. The first-order valence-electron chi connectivity index (χ1n) is 5.45. The summed E-state index contributed by atoms with van der Waals surface area (Å²) in [5.41, 5.74) is 1.32. The van der Waals surface area contributed by atoms with Crippen molar-refractivity contribution in [1.29, 1.82) is 0 Å². The largest absolute Gasteiger partial charge is 0.469 e. The summed E-state index contributed by atoms with van der Waals surface area (Å²) in [6.45, 7) is 0. The van der Waals surface area contributed by atoms with E-state index in [4.69, 9.17) is 4.74 Å². The van der Waals surface area contributed by atoms with Gasteiger partial charge in [-0.1, -0.05) is 46.3 Å². The predicted molar refractivity (Wildman–Crippen MR) is 68.7 cm³/mol. The van der Waals surface area contributed by atoms with Gasteiger partial charge in [-0.05, 0) is 24.8 Å². The fourth-order valence-electron chi connectivity index (χ4n) is 1.62. The highest BCUT2D eigenvalue weighted by molar-refractivity contribution is 9.09. The van der Waals surface area contributed by atoms with Crippen LogP contribution in [0, 0.1) is 5.92 Å². The molecule has 0 amide bonds. The fourth-order valence-corrected chi connectivity index (χ4v) is 2.21. The normalized spacial score (nSPS) is 12.1. The lowest BCUT2D eigenvalue weighted by Crippen LogP contribution is -2.17. The van der Waals surface area contributed by atoms with Crippen molar-refractivity contribution in [2.45, 2.75) is 19.3 Å². The summed E-state index contributed by atoms with van der Waals surface area (Å²) in [7, 11) is 1.44. The maximum absolute atomic E-state index is 11.3. The van der Waals surface area contributed by atoms with E-state index in [0.717, 1.165) is 19.3 Å². The lowest BCUT2D eigenvalue weighted by Gasteiger charge is -2.10. The van der Waals surface area contributed by atoms with Crippen LogP contribution in [0.5, 0.6) is 0 Å². The highest BCUT2D eigenvalue weighted by atomic mass is 79.9. The molecule has 0 spiro atoms. The summed E-state index contributed by atoms with van der Waals surface area (Å²) in [5, 5.41) is 0.675. The van der Waals surface area contributed by atoms with Crippen LogP contribution in [0.4, 0.5) is 0 Å². The molecule has 0 saturated carbocycles. The third-order valence-electron chi connectivity index (χ3n) is 2.58. The van der Waals surface area contributed by atoms with E-state index < -0.39 is 0 Å². The highest BCUT2D eigenvalue weighted by Crippen LogP contribution is 2.14. The Kier molecular flexibility index (Phi) is 6.16. The van der Waals surface area contributed by atoms with E-state index in [1.807, 2.05) is 18.2 Å². The van der Waals surface area contributed by atoms with E-state index in [-0.39, 0.29) is 11.9 Å². The lowest BCUT2D eigenvalue weighted by atomic mass is 10.0. The van der Waals surface area contributed by atoms with Crippen molar-refractivity contribution in [3.8, 4) is 0 Å². The third-order valence-corrected chi connectivity index (χ3v) is 3.36. The van der Waals surface area contributed by atoms with E-state index in [9.17, 15) is 4.79 Å². The molecule has 0 bridgehead atoms. The summed E-state index contributed by atoms with van der Waals surface area (Å²) in [4.78, 5) is 11.3. The average Bonchev–Trinajstić information content (AvgIpc) is 2.35. The maximum atomic E-state index is 11.3. The minimum absolute atomic E-state index is 0.0197. The van der Waals surface area contributed by atoms with Crippen LogP contribution in [0.2, 0.25) is 0 Å². The van der Waals surface area contributed by atoms with Gasteiger partial charge in [-0.2, -0.15) is 0 Å².